The van der Waals surface area contributed by atoms with Crippen molar-refractivity contribution in [2.45, 2.75) is 64.0 Å². The Balaban J connectivity index is 1.93. The Bertz CT molecular complexity index is 299. The van der Waals surface area contributed by atoms with Crippen molar-refractivity contribution >= 4 is 5.91 Å². The van der Waals surface area contributed by atoms with E-state index in [1.54, 1.807) is 0 Å². The van der Waals surface area contributed by atoms with E-state index in [1.165, 1.54) is 0 Å². The monoisotopic (exact) mass is 254 g/mol. The van der Waals surface area contributed by atoms with Gasteiger partial charge in [0.25, 0.3) is 0 Å². The van der Waals surface area contributed by atoms with Gasteiger partial charge in [-0.15, -0.1) is 0 Å². The lowest BCUT2D eigenvalue weighted by Gasteiger charge is -2.42. The van der Waals surface area contributed by atoms with Gasteiger partial charge in [0, 0.05) is 13.2 Å². The highest BCUT2D eigenvalue weighted by Gasteiger charge is 2.42. The molecule has 0 aromatic carbocycles. The summed E-state index contributed by atoms with van der Waals surface area (Å²) >= 11 is 0. The maximum absolute atomic E-state index is 11.8. The smallest absolute Gasteiger partial charge is 0.237 e. The Hall–Kier alpha value is -0.610. The SMILES string of the molecule is CC1(C)CCC(NCC2CCCO2)(C(N)=O)CC1. The van der Waals surface area contributed by atoms with E-state index < -0.39 is 5.54 Å². The van der Waals surface area contributed by atoms with Crippen molar-refractivity contribution in [3.8, 4) is 0 Å². The van der Waals surface area contributed by atoms with Crippen LogP contribution in [-0.4, -0.2) is 30.7 Å². The van der Waals surface area contributed by atoms with E-state index in [1.807, 2.05) is 0 Å². The first-order valence-corrected chi connectivity index (χ1v) is 7.10. The van der Waals surface area contributed by atoms with Gasteiger partial charge in [-0.25, -0.2) is 0 Å². The van der Waals surface area contributed by atoms with Crippen LogP contribution in [0.15, 0.2) is 0 Å². The predicted octanol–water partition coefficient (Wildman–Crippen LogP) is 1.58. The first-order valence-electron chi connectivity index (χ1n) is 7.10. The lowest BCUT2D eigenvalue weighted by molar-refractivity contribution is -0.126. The maximum Gasteiger partial charge on any atom is 0.237 e. The van der Waals surface area contributed by atoms with Crippen LogP contribution in [0.4, 0.5) is 0 Å². The number of carbonyl (C=O) groups excluding carboxylic acids is 1. The molecule has 2 fully saturated rings. The van der Waals surface area contributed by atoms with Crippen molar-refractivity contribution in [3.63, 3.8) is 0 Å². The molecule has 0 aromatic rings. The van der Waals surface area contributed by atoms with Crippen molar-refractivity contribution in [2.75, 3.05) is 13.2 Å². The molecule has 1 unspecified atom stereocenters. The van der Waals surface area contributed by atoms with Crippen LogP contribution in [0.2, 0.25) is 0 Å². The molecular formula is C14H26N2O2. The summed E-state index contributed by atoms with van der Waals surface area (Å²) in [5.74, 6) is -0.198. The third-order valence-electron chi connectivity index (χ3n) is 4.62. The van der Waals surface area contributed by atoms with Crippen LogP contribution in [0.5, 0.6) is 0 Å². The molecule has 4 heteroatoms. The summed E-state index contributed by atoms with van der Waals surface area (Å²) < 4.78 is 5.60. The number of nitrogens with two attached hydrogens (primary N) is 1. The third-order valence-corrected chi connectivity index (χ3v) is 4.62. The van der Waals surface area contributed by atoms with E-state index in [9.17, 15) is 4.79 Å². The van der Waals surface area contributed by atoms with Crippen molar-refractivity contribution in [3.05, 3.63) is 0 Å². The van der Waals surface area contributed by atoms with E-state index in [4.69, 9.17) is 10.5 Å². The summed E-state index contributed by atoms with van der Waals surface area (Å²) in [4.78, 5) is 11.8. The Kier molecular flexibility index (Phi) is 3.97. The van der Waals surface area contributed by atoms with Crippen molar-refractivity contribution in [1.82, 2.24) is 5.32 Å². The highest BCUT2D eigenvalue weighted by molar-refractivity contribution is 5.84. The highest BCUT2D eigenvalue weighted by Crippen LogP contribution is 2.40. The second-order valence-electron chi connectivity index (χ2n) is 6.63. The van der Waals surface area contributed by atoms with Gasteiger partial charge in [0.05, 0.1) is 11.6 Å². The molecule has 1 aliphatic carbocycles. The highest BCUT2D eigenvalue weighted by atomic mass is 16.5. The van der Waals surface area contributed by atoms with Gasteiger partial charge in [-0.3, -0.25) is 4.79 Å². The fraction of sp³-hybridized carbons (Fsp3) is 0.929. The maximum atomic E-state index is 11.8. The molecule has 0 radical (unpaired) electrons. The van der Waals surface area contributed by atoms with E-state index in [-0.39, 0.29) is 12.0 Å². The third kappa shape index (κ3) is 3.04. The fourth-order valence-corrected chi connectivity index (χ4v) is 2.98. The molecule has 4 nitrogen and oxygen atoms in total. The summed E-state index contributed by atoms with van der Waals surface area (Å²) in [6.07, 6.45) is 6.28. The molecule has 18 heavy (non-hydrogen) atoms. The predicted molar refractivity (Wildman–Crippen MR) is 71.2 cm³/mol. The number of hydrogen-bond acceptors (Lipinski definition) is 3. The normalized spacial score (nSPS) is 30.2. The number of ether oxygens (including phenoxy) is 1. The molecule has 3 N–H and O–H groups in total. The van der Waals surface area contributed by atoms with E-state index in [0.29, 0.717) is 5.41 Å². The van der Waals surface area contributed by atoms with Gasteiger partial charge < -0.3 is 15.8 Å². The van der Waals surface area contributed by atoms with Crippen LogP contribution in [0.25, 0.3) is 0 Å². The van der Waals surface area contributed by atoms with E-state index in [2.05, 4.69) is 19.2 Å². The van der Waals surface area contributed by atoms with E-state index in [0.717, 1.165) is 51.7 Å². The van der Waals surface area contributed by atoms with Gasteiger partial charge in [-0.1, -0.05) is 13.8 Å². The van der Waals surface area contributed by atoms with Crippen LogP contribution in [0, 0.1) is 5.41 Å². The minimum absolute atomic E-state index is 0.198. The largest absolute Gasteiger partial charge is 0.377 e. The number of hydrogen-bond donors (Lipinski definition) is 2. The van der Waals surface area contributed by atoms with E-state index >= 15 is 0 Å². The zero-order valence-corrected chi connectivity index (χ0v) is 11.6. The number of carbonyl (C=O) groups is 1. The molecule has 1 amide bonds. The zero-order chi connectivity index (χ0) is 13.2. The molecule has 2 rings (SSSR count). The van der Waals surface area contributed by atoms with Gasteiger partial charge in [0.15, 0.2) is 0 Å². The molecular weight excluding hydrogens is 228 g/mol. The quantitative estimate of drug-likeness (QED) is 0.800. The molecule has 0 aromatic heterocycles. The zero-order valence-electron chi connectivity index (χ0n) is 11.6. The molecule has 104 valence electrons. The summed E-state index contributed by atoms with van der Waals surface area (Å²) in [6.45, 7) is 6.13. The Morgan fingerprint density at radius 1 is 1.33 bits per heavy atom. The van der Waals surface area contributed by atoms with Crippen molar-refractivity contribution in [2.24, 2.45) is 11.1 Å². The molecule has 0 bridgehead atoms. The number of nitrogens with one attached hydrogen (secondary N) is 1. The average Bonchev–Trinajstić information content (AvgIpc) is 2.81. The van der Waals surface area contributed by atoms with Gasteiger partial charge in [0.2, 0.25) is 5.91 Å². The van der Waals surface area contributed by atoms with Crippen molar-refractivity contribution < 1.29 is 9.53 Å². The summed E-state index contributed by atoms with van der Waals surface area (Å²) in [6, 6.07) is 0. The molecule has 1 saturated carbocycles. The van der Waals surface area contributed by atoms with Crippen LogP contribution in [-0.2, 0) is 9.53 Å². The fourth-order valence-electron chi connectivity index (χ4n) is 2.98. The van der Waals surface area contributed by atoms with Crippen LogP contribution >= 0.6 is 0 Å². The number of rotatable bonds is 4. The minimum Gasteiger partial charge on any atom is -0.377 e. The van der Waals surface area contributed by atoms with Crippen molar-refractivity contribution in [1.29, 1.82) is 0 Å². The standard InChI is InChI=1S/C14H26N2O2/c1-13(2)5-7-14(8-6-13,12(15)17)16-10-11-4-3-9-18-11/h11,16H,3-10H2,1-2H3,(H2,15,17). The van der Waals surface area contributed by atoms with Crippen LogP contribution in [0.1, 0.15) is 52.4 Å². The second kappa shape index (κ2) is 5.17. The topological polar surface area (TPSA) is 64.3 Å². The Morgan fingerprint density at radius 3 is 2.50 bits per heavy atom. The average molecular weight is 254 g/mol. The van der Waals surface area contributed by atoms with Gasteiger partial charge >= 0.3 is 0 Å². The Labute approximate surface area is 110 Å². The summed E-state index contributed by atoms with van der Waals surface area (Å²) in [5, 5.41) is 3.41. The van der Waals surface area contributed by atoms with Gasteiger partial charge in [0.1, 0.15) is 0 Å². The summed E-state index contributed by atoms with van der Waals surface area (Å²) in [7, 11) is 0. The molecule has 1 heterocycles. The molecule has 1 saturated heterocycles. The number of amides is 1. The first kappa shape index (κ1) is 13.8. The van der Waals surface area contributed by atoms with Gasteiger partial charge in [-0.05, 0) is 43.9 Å². The molecule has 1 atom stereocenters. The number of primary amides is 1. The van der Waals surface area contributed by atoms with Crippen LogP contribution < -0.4 is 11.1 Å². The first-order chi connectivity index (χ1) is 8.44. The second-order valence-corrected chi connectivity index (χ2v) is 6.63. The van der Waals surface area contributed by atoms with Crippen LogP contribution in [0.3, 0.4) is 0 Å². The van der Waals surface area contributed by atoms with Gasteiger partial charge in [-0.2, -0.15) is 0 Å². The Morgan fingerprint density at radius 2 is 2.00 bits per heavy atom. The molecule has 0 spiro atoms. The lowest BCUT2D eigenvalue weighted by atomic mass is 9.69. The minimum atomic E-state index is -0.499. The molecule has 2 aliphatic rings. The lowest BCUT2D eigenvalue weighted by Crippen LogP contribution is -2.59. The molecule has 1 aliphatic heterocycles. The summed E-state index contributed by atoms with van der Waals surface area (Å²) in [5.41, 5.74) is 5.47.